The topological polar surface area (TPSA) is 85.6 Å². The second kappa shape index (κ2) is 7.81. The minimum Gasteiger partial charge on any atom is -0.467 e. The number of aromatic nitrogens is 1. The average molecular weight is 385 g/mol. The van der Waals surface area contributed by atoms with Crippen molar-refractivity contribution < 1.29 is 18.7 Å². The predicted octanol–water partition coefficient (Wildman–Crippen LogP) is 2.93. The van der Waals surface area contributed by atoms with E-state index in [1.807, 2.05) is 36.6 Å². The molecule has 0 saturated heterocycles. The summed E-state index contributed by atoms with van der Waals surface area (Å²) in [4.78, 5) is 16.8. The van der Waals surface area contributed by atoms with Crippen LogP contribution in [0.3, 0.4) is 0 Å². The maximum Gasteiger partial charge on any atom is 0.237 e. The van der Waals surface area contributed by atoms with Crippen LogP contribution in [0, 0.1) is 0 Å². The maximum absolute atomic E-state index is 12.1. The van der Waals surface area contributed by atoms with Gasteiger partial charge in [0, 0.05) is 17.5 Å². The summed E-state index contributed by atoms with van der Waals surface area (Å²) < 4.78 is 16.0. The van der Waals surface area contributed by atoms with Crippen molar-refractivity contribution in [2.45, 2.75) is 26.1 Å². The van der Waals surface area contributed by atoms with E-state index in [1.54, 1.807) is 23.7 Å². The van der Waals surface area contributed by atoms with E-state index in [0.717, 1.165) is 33.5 Å². The Morgan fingerprint density at radius 2 is 2.15 bits per heavy atom. The molecule has 0 radical (unpaired) electrons. The van der Waals surface area contributed by atoms with Crippen LogP contribution < -0.4 is 20.1 Å². The molecular formula is C19H19N3O4S. The molecule has 2 N–H and O–H groups in total. The zero-order chi connectivity index (χ0) is 18.6. The second-order valence-electron chi connectivity index (χ2n) is 6.11. The van der Waals surface area contributed by atoms with E-state index >= 15 is 0 Å². The lowest BCUT2D eigenvalue weighted by Crippen LogP contribution is -2.41. The van der Waals surface area contributed by atoms with Crippen molar-refractivity contribution in [3.63, 3.8) is 0 Å². The molecule has 0 bridgehead atoms. The molecule has 1 atom stereocenters. The maximum atomic E-state index is 12.1. The number of benzene rings is 1. The summed E-state index contributed by atoms with van der Waals surface area (Å²) in [7, 11) is 0. The third-order valence-corrected chi connectivity index (χ3v) is 5.11. The average Bonchev–Trinajstić information content (AvgIpc) is 3.44. The number of thiazole rings is 1. The van der Waals surface area contributed by atoms with Crippen molar-refractivity contribution in [3.8, 4) is 22.1 Å². The number of amides is 1. The second-order valence-corrected chi connectivity index (χ2v) is 6.97. The molecule has 7 nitrogen and oxygen atoms in total. The van der Waals surface area contributed by atoms with Gasteiger partial charge < -0.3 is 24.5 Å². The molecule has 0 saturated carbocycles. The fourth-order valence-electron chi connectivity index (χ4n) is 2.64. The third-order valence-electron chi connectivity index (χ3n) is 4.17. The number of carbonyl (C=O) groups is 1. The van der Waals surface area contributed by atoms with E-state index in [2.05, 4.69) is 15.6 Å². The van der Waals surface area contributed by atoms with Crippen molar-refractivity contribution in [1.82, 2.24) is 15.6 Å². The van der Waals surface area contributed by atoms with E-state index in [9.17, 15) is 4.79 Å². The monoisotopic (exact) mass is 385 g/mol. The minimum absolute atomic E-state index is 0.0855. The summed E-state index contributed by atoms with van der Waals surface area (Å²) in [6.45, 7) is 2.97. The normalized spacial score (nSPS) is 13.5. The molecule has 2 aromatic heterocycles. The molecule has 1 aliphatic heterocycles. The number of rotatable bonds is 7. The summed E-state index contributed by atoms with van der Waals surface area (Å²) in [5.41, 5.74) is 1.87. The Hall–Kier alpha value is -2.84. The number of hydrogen-bond acceptors (Lipinski definition) is 7. The molecule has 1 unspecified atom stereocenters. The molecule has 3 heterocycles. The van der Waals surface area contributed by atoms with Crippen molar-refractivity contribution in [1.29, 1.82) is 0 Å². The summed E-state index contributed by atoms with van der Waals surface area (Å²) in [5, 5.41) is 8.92. The Morgan fingerprint density at radius 1 is 1.26 bits per heavy atom. The van der Waals surface area contributed by atoms with Gasteiger partial charge in [0.25, 0.3) is 0 Å². The van der Waals surface area contributed by atoms with Gasteiger partial charge in [0.2, 0.25) is 12.7 Å². The number of carbonyl (C=O) groups excluding carboxylic acids is 1. The first kappa shape index (κ1) is 17.6. The summed E-state index contributed by atoms with van der Waals surface area (Å²) in [6.07, 6.45) is 1.59. The fourth-order valence-corrected chi connectivity index (χ4v) is 3.46. The molecule has 0 aliphatic carbocycles. The molecule has 27 heavy (non-hydrogen) atoms. The highest BCUT2D eigenvalue weighted by Gasteiger charge is 2.16. The van der Waals surface area contributed by atoms with Crippen LogP contribution in [-0.4, -0.2) is 23.7 Å². The standard InChI is InChI=1S/C19H19N3O4S/c1-12(18(23)21-9-15-3-2-6-24-15)20-8-14-10-27-19(22-14)13-4-5-16-17(7-13)26-11-25-16/h2-7,10,12,20H,8-9,11H2,1H3,(H,21,23). The minimum atomic E-state index is -0.337. The molecule has 140 valence electrons. The molecule has 0 fully saturated rings. The first-order valence-electron chi connectivity index (χ1n) is 8.57. The van der Waals surface area contributed by atoms with Crippen LogP contribution in [0.25, 0.3) is 10.6 Å². The Labute approximate surface area is 160 Å². The van der Waals surface area contributed by atoms with Gasteiger partial charge in [-0.1, -0.05) is 0 Å². The molecule has 1 aromatic carbocycles. The van der Waals surface area contributed by atoms with E-state index < -0.39 is 0 Å². The van der Waals surface area contributed by atoms with Crippen LogP contribution in [0.15, 0.2) is 46.4 Å². The Bertz CT molecular complexity index is 923. The fraction of sp³-hybridized carbons (Fsp3) is 0.263. The van der Waals surface area contributed by atoms with Crippen LogP contribution in [0.4, 0.5) is 0 Å². The first-order chi connectivity index (χ1) is 13.2. The SMILES string of the molecule is CC(NCc1csc(-c2ccc3c(c2)OCO3)n1)C(=O)NCc1ccco1. The number of furan rings is 1. The molecule has 0 spiro atoms. The molecule has 1 aliphatic rings. The van der Waals surface area contributed by atoms with E-state index in [0.29, 0.717) is 13.1 Å². The van der Waals surface area contributed by atoms with Gasteiger partial charge in [0.15, 0.2) is 11.5 Å². The van der Waals surface area contributed by atoms with Gasteiger partial charge in [-0.2, -0.15) is 0 Å². The summed E-state index contributed by atoms with van der Waals surface area (Å²) in [6, 6.07) is 9.07. The van der Waals surface area contributed by atoms with Gasteiger partial charge in [-0.25, -0.2) is 4.98 Å². The van der Waals surface area contributed by atoms with E-state index in [1.165, 1.54) is 0 Å². The number of nitrogens with one attached hydrogen (secondary N) is 2. The molecule has 3 aromatic rings. The smallest absolute Gasteiger partial charge is 0.237 e. The highest BCUT2D eigenvalue weighted by molar-refractivity contribution is 7.13. The van der Waals surface area contributed by atoms with E-state index in [4.69, 9.17) is 13.9 Å². The Balaban J connectivity index is 1.30. The van der Waals surface area contributed by atoms with Gasteiger partial charge in [-0.15, -0.1) is 11.3 Å². The summed E-state index contributed by atoms with van der Waals surface area (Å²) in [5.74, 6) is 2.14. The number of ether oxygens (including phenoxy) is 2. The van der Waals surface area contributed by atoms with Crippen LogP contribution in [-0.2, 0) is 17.9 Å². The van der Waals surface area contributed by atoms with Gasteiger partial charge in [-0.05, 0) is 37.3 Å². The number of fused-ring (bicyclic) bond motifs is 1. The van der Waals surface area contributed by atoms with Gasteiger partial charge in [-0.3, -0.25) is 4.79 Å². The van der Waals surface area contributed by atoms with Crippen LogP contribution in [0.1, 0.15) is 18.4 Å². The molecular weight excluding hydrogens is 366 g/mol. The van der Waals surface area contributed by atoms with Gasteiger partial charge >= 0.3 is 0 Å². The molecule has 8 heteroatoms. The lowest BCUT2D eigenvalue weighted by atomic mass is 10.2. The Kier molecular flexibility index (Phi) is 5.08. The highest BCUT2D eigenvalue weighted by Crippen LogP contribution is 2.36. The lowest BCUT2D eigenvalue weighted by Gasteiger charge is -2.12. The van der Waals surface area contributed by atoms with E-state index in [-0.39, 0.29) is 18.7 Å². The number of hydrogen-bond donors (Lipinski definition) is 2. The van der Waals surface area contributed by atoms with Crippen molar-refractivity contribution in [2.24, 2.45) is 0 Å². The van der Waals surface area contributed by atoms with Crippen molar-refractivity contribution >= 4 is 17.2 Å². The van der Waals surface area contributed by atoms with Gasteiger partial charge in [0.1, 0.15) is 10.8 Å². The molecule has 4 rings (SSSR count). The third kappa shape index (κ3) is 4.12. The van der Waals surface area contributed by atoms with Gasteiger partial charge in [0.05, 0.1) is 24.5 Å². The van der Waals surface area contributed by atoms with Crippen LogP contribution >= 0.6 is 11.3 Å². The molecule has 1 amide bonds. The zero-order valence-electron chi connectivity index (χ0n) is 14.7. The highest BCUT2D eigenvalue weighted by atomic mass is 32.1. The van der Waals surface area contributed by atoms with Crippen molar-refractivity contribution in [3.05, 3.63) is 53.4 Å². The zero-order valence-corrected chi connectivity index (χ0v) is 15.5. The first-order valence-corrected chi connectivity index (χ1v) is 9.45. The lowest BCUT2D eigenvalue weighted by molar-refractivity contribution is -0.123. The van der Waals surface area contributed by atoms with Crippen LogP contribution in [0.5, 0.6) is 11.5 Å². The largest absolute Gasteiger partial charge is 0.467 e. The quantitative estimate of drug-likeness (QED) is 0.650. The predicted molar refractivity (Wildman–Crippen MR) is 101 cm³/mol. The van der Waals surface area contributed by atoms with Crippen LogP contribution in [0.2, 0.25) is 0 Å². The number of nitrogens with zero attached hydrogens (tertiary/aromatic N) is 1. The Morgan fingerprint density at radius 3 is 3.00 bits per heavy atom. The van der Waals surface area contributed by atoms with Crippen molar-refractivity contribution in [2.75, 3.05) is 6.79 Å². The summed E-state index contributed by atoms with van der Waals surface area (Å²) >= 11 is 1.56.